The van der Waals surface area contributed by atoms with E-state index in [0.29, 0.717) is 24.5 Å². The van der Waals surface area contributed by atoms with Gasteiger partial charge >= 0.3 is 5.97 Å². The molecule has 0 spiro atoms. The summed E-state index contributed by atoms with van der Waals surface area (Å²) in [5, 5.41) is 16.3. The van der Waals surface area contributed by atoms with Gasteiger partial charge in [0.05, 0.1) is 17.2 Å². The van der Waals surface area contributed by atoms with Crippen LogP contribution in [0.4, 0.5) is 5.13 Å². The number of hydrogen-bond acceptors (Lipinski definition) is 13. The number of carbonyl (C=O) groups is 3. The molecule has 2 amide bonds. The van der Waals surface area contributed by atoms with Gasteiger partial charge in [-0.1, -0.05) is 5.16 Å². The summed E-state index contributed by atoms with van der Waals surface area (Å²) in [5.41, 5.74) is 5.99. The van der Waals surface area contributed by atoms with Gasteiger partial charge in [-0.25, -0.2) is 4.98 Å². The Morgan fingerprint density at radius 2 is 2.16 bits per heavy atom. The SMILES string of the molecule is CC(C)(C)C(=O)OCOC(=S)C1=C(CC2CCCO2)CS[C@@H]2C(NC(=O)/C(=N/O)c3csc(N)n3)C(=O)N12. The molecule has 4 N–H and O–H groups in total. The van der Waals surface area contributed by atoms with Crippen molar-refractivity contribution in [1.29, 1.82) is 0 Å². The van der Waals surface area contributed by atoms with Crippen LogP contribution in [0.25, 0.3) is 0 Å². The second kappa shape index (κ2) is 11.6. The standard InChI is InChI=1S/C23H29N5O7S3/c1-23(2,3)21(31)35-10-34-20(36)16-11(7-12-5-4-6-33-12)8-37-19-15(18(30)28(16)19)26-17(29)14(27-32)13-9-38-22(24)25-13/h9,12,15,19,32H,4-8,10H2,1-3H3,(H2,24,25)(H,26,29)/b27-14+/t12?,15?,19-/m1/s1. The molecule has 3 aliphatic rings. The predicted molar refractivity (Wildman–Crippen MR) is 145 cm³/mol. The summed E-state index contributed by atoms with van der Waals surface area (Å²) >= 11 is 8.09. The molecule has 2 unspecified atom stereocenters. The van der Waals surface area contributed by atoms with Gasteiger partial charge in [0, 0.05) is 17.7 Å². The summed E-state index contributed by atoms with van der Waals surface area (Å²) in [6.45, 7) is 5.47. The lowest BCUT2D eigenvalue weighted by Crippen LogP contribution is -2.71. The number of rotatable bonds is 8. The van der Waals surface area contributed by atoms with E-state index >= 15 is 0 Å². The fourth-order valence-electron chi connectivity index (χ4n) is 4.15. The number of hydrogen-bond donors (Lipinski definition) is 3. The molecule has 0 aromatic carbocycles. The van der Waals surface area contributed by atoms with Crippen LogP contribution in [0.3, 0.4) is 0 Å². The predicted octanol–water partition coefficient (Wildman–Crippen LogP) is 2.02. The smallest absolute Gasteiger partial charge is 0.314 e. The van der Waals surface area contributed by atoms with Gasteiger partial charge in [-0.2, -0.15) is 0 Å². The third kappa shape index (κ3) is 5.95. The van der Waals surface area contributed by atoms with Crippen LogP contribution < -0.4 is 11.1 Å². The van der Waals surface area contributed by atoms with Crippen LogP contribution in [0.1, 0.15) is 45.7 Å². The van der Waals surface area contributed by atoms with Gasteiger partial charge in [0.15, 0.2) is 10.8 Å². The van der Waals surface area contributed by atoms with Crippen molar-refractivity contribution in [2.75, 3.05) is 24.9 Å². The Morgan fingerprint density at radius 1 is 1.39 bits per heavy atom. The third-order valence-corrected chi connectivity index (χ3v) is 8.42. The minimum Gasteiger partial charge on any atom is -0.445 e. The van der Waals surface area contributed by atoms with Gasteiger partial charge in [-0.05, 0) is 57.8 Å². The number of fused-ring (bicyclic) bond motifs is 1. The van der Waals surface area contributed by atoms with Crippen molar-refractivity contribution in [3.05, 3.63) is 22.3 Å². The van der Waals surface area contributed by atoms with Gasteiger partial charge in [-0.3, -0.25) is 19.3 Å². The lowest BCUT2D eigenvalue weighted by molar-refractivity contribution is -0.160. The molecular weight excluding hydrogens is 554 g/mol. The largest absolute Gasteiger partial charge is 0.445 e. The quantitative estimate of drug-likeness (QED) is 0.0779. The number of ether oxygens (including phenoxy) is 3. The van der Waals surface area contributed by atoms with Crippen LogP contribution in [0.2, 0.25) is 0 Å². The summed E-state index contributed by atoms with van der Waals surface area (Å²) in [5.74, 6) is -1.08. The summed E-state index contributed by atoms with van der Waals surface area (Å²) in [6.07, 6.45) is 2.45. The highest BCUT2D eigenvalue weighted by atomic mass is 32.2. The van der Waals surface area contributed by atoms with Crippen LogP contribution in [0, 0.1) is 5.41 Å². The second-order valence-corrected chi connectivity index (χ2v) is 12.3. The van der Waals surface area contributed by atoms with E-state index in [4.69, 9.17) is 32.2 Å². The maximum Gasteiger partial charge on any atom is 0.314 e. The minimum absolute atomic E-state index is 0.0133. The Morgan fingerprint density at radius 3 is 2.76 bits per heavy atom. The minimum atomic E-state index is -0.888. The number of anilines is 1. The molecule has 0 aliphatic carbocycles. The van der Waals surface area contributed by atoms with Crippen molar-refractivity contribution < 1.29 is 33.8 Å². The molecule has 3 aliphatic heterocycles. The van der Waals surface area contributed by atoms with Crippen LogP contribution in [-0.4, -0.2) is 80.3 Å². The van der Waals surface area contributed by atoms with Gasteiger partial charge in [-0.15, -0.1) is 23.1 Å². The number of oxime groups is 1. The van der Waals surface area contributed by atoms with Gasteiger partial charge in [0.2, 0.25) is 11.8 Å². The number of esters is 1. The van der Waals surface area contributed by atoms with E-state index in [-0.39, 0.29) is 27.7 Å². The molecule has 2 fully saturated rings. The zero-order valence-electron chi connectivity index (χ0n) is 21.1. The molecule has 1 aromatic rings. The maximum atomic E-state index is 13.3. The Balaban J connectivity index is 1.49. The molecule has 0 radical (unpaired) electrons. The van der Waals surface area contributed by atoms with Crippen molar-refractivity contribution in [2.45, 2.75) is 57.6 Å². The maximum absolute atomic E-state index is 13.3. The number of thiocarbonyl (C=S) groups is 1. The number of nitrogens with one attached hydrogen (secondary N) is 1. The lowest BCUT2D eigenvalue weighted by atomic mass is 9.98. The van der Waals surface area contributed by atoms with Crippen molar-refractivity contribution in [3.8, 4) is 0 Å². The number of thiazole rings is 1. The van der Waals surface area contributed by atoms with Crippen molar-refractivity contribution in [3.63, 3.8) is 0 Å². The van der Waals surface area contributed by atoms with Crippen molar-refractivity contribution >= 4 is 69.0 Å². The molecule has 0 bridgehead atoms. The van der Waals surface area contributed by atoms with Gasteiger partial charge < -0.3 is 30.5 Å². The molecule has 12 nitrogen and oxygen atoms in total. The normalized spacial score (nSPS) is 23.6. The zero-order valence-corrected chi connectivity index (χ0v) is 23.5. The first-order valence-corrected chi connectivity index (χ1v) is 14.2. The highest BCUT2D eigenvalue weighted by molar-refractivity contribution is 8.00. The monoisotopic (exact) mass is 583 g/mol. The number of nitrogens with two attached hydrogens (primary N) is 1. The number of nitrogen functional groups attached to an aromatic ring is 1. The first-order chi connectivity index (χ1) is 18.0. The number of aromatic nitrogens is 1. The fourth-order valence-corrected chi connectivity index (χ4v) is 6.35. The molecule has 38 heavy (non-hydrogen) atoms. The summed E-state index contributed by atoms with van der Waals surface area (Å²) in [7, 11) is 0. The van der Waals surface area contributed by atoms with Gasteiger partial charge in [0.25, 0.3) is 11.8 Å². The summed E-state index contributed by atoms with van der Waals surface area (Å²) in [4.78, 5) is 43.7. The van der Waals surface area contributed by atoms with E-state index < -0.39 is 41.4 Å². The first kappa shape index (κ1) is 28.3. The average Bonchev–Trinajstić information content (AvgIpc) is 3.53. The van der Waals surface area contributed by atoms with Crippen LogP contribution in [0.5, 0.6) is 0 Å². The van der Waals surface area contributed by atoms with Crippen molar-refractivity contribution in [2.24, 2.45) is 10.6 Å². The van der Waals surface area contributed by atoms with E-state index in [0.717, 1.165) is 29.8 Å². The number of β-lactam (4-membered cyclic amide) rings is 1. The van der Waals surface area contributed by atoms with Crippen LogP contribution in [0.15, 0.2) is 21.8 Å². The molecule has 206 valence electrons. The molecular formula is C23H29N5O7S3. The Labute approximate surface area is 232 Å². The second-order valence-electron chi connectivity index (χ2n) is 9.90. The number of carbonyl (C=O) groups excluding carboxylic acids is 3. The Kier molecular flexibility index (Phi) is 8.59. The average molecular weight is 584 g/mol. The molecule has 0 saturated carbocycles. The van der Waals surface area contributed by atoms with E-state index in [2.05, 4.69) is 15.5 Å². The first-order valence-electron chi connectivity index (χ1n) is 11.9. The summed E-state index contributed by atoms with van der Waals surface area (Å²) in [6, 6.07) is -0.888. The molecule has 4 rings (SSSR count). The van der Waals surface area contributed by atoms with E-state index in [1.54, 1.807) is 20.8 Å². The van der Waals surface area contributed by atoms with Gasteiger partial charge in [0.1, 0.15) is 17.1 Å². The van der Waals surface area contributed by atoms with Crippen molar-refractivity contribution in [1.82, 2.24) is 15.2 Å². The van der Waals surface area contributed by atoms with E-state index in [1.807, 2.05) is 0 Å². The zero-order chi connectivity index (χ0) is 27.6. The number of thioether (sulfide) groups is 1. The third-order valence-electron chi connectivity index (χ3n) is 6.10. The molecule has 2 saturated heterocycles. The molecule has 3 atom stereocenters. The van der Waals surface area contributed by atoms with Crippen LogP contribution in [-0.2, 0) is 28.6 Å². The highest BCUT2D eigenvalue weighted by Crippen LogP contribution is 2.42. The van der Waals surface area contributed by atoms with Crippen LogP contribution >= 0.6 is 35.3 Å². The van der Waals surface area contributed by atoms with E-state index in [9.17, 15) is 19.6 Å². The highest BCUT2D eigenvalue weighted by Gasteiger charge is 2.54. The molecule has 15 heteroatoms. The fraction of sp³-hybridized carbons (Fsp3) is 0.565. The Hall–Kier alpha value is -2.75. The number of amides is 2. The summed E-state index contributed by atoms with van der Waals surface area (Å²) < 4.78 is 16.6. The molecule has 4 heterocycles. The lowest BCUT2D eigenvalue weighted by Gasteiger charge is -2.50. The Bertz CT molecular complexity index is 1190. The number of nitrogens with zero attached hydrogens (tertiary/aromatic N) is 3. The topological polar surface area (TPSA) is 166 Å². The molecule has 1 aromatic heterocycles. The van der Waals surface area contributed by atoms with E-state index in [1.165, 1.54) is 22.0 Å².